The molecule has 0 amide bonds. The van der Waals surface area contributed by atoms with Gasteiger partial charge in [0.05, 0.1) is 3.79 Å². The number of halogens is 1. The van der Waals surface area contributed by atoms with Gasteiger partial charge in [0, 0.05) is 36.6 Å². The lowest BCUT2D eigenvalue weighted by atomic mass is 9.85. The highest BCUT2D eigenvalue weighted by Crippen LogP contribution is 2.27. The molecule has 0 aliphatic carbocycles. The van der Waals surface area contributed by atoms with Crippen molar-refractivity contribution in [3.63, 3.8) is 0 Å². The van der Waals surface area contributed by atoms with Crippen molar-refractivity contribution in [3.05, 3.63) is 20.8 Å². The van der Waals surface area contributed by atoms with E-state index in [1.165, 1.54) is 8.66 Å². The molecule has 1 fully saturated rings. The van der Waals surface area contributed by atoms with Crippen molar-refractivity contribution in [2.45, 2.75) is 46.3 Å². The van der Waals surface area contributed by atoms with Gasteiger partial charge in [0.15, 0.2) is 0 Å². The lowest BCUT2D eigenvalue weighted by Gasteiger charge is -2.43. The number of nitrogens with one attached hydrogen (secondary N) is 1. The highest BCUT2D eigenvalue weighted by atomic mass is 79.9. The Kier molecular flexibility index (Phi) is 4.52. The fourth-order valence-corrected chi connectivity index (χ4v) is 3.87. The molecular weight excluding hydrogens is 308 g/mol. The second kappa shape index (κ2) is 5.61. The van der Waals surface area contributed by atoms with Crippen molar-refractivity contribution in [1.29, 1.82) is 0 Å². The quantitative estimate of drug-likeness (QED) is 0.889. The molecule has 2 unspecified atom stereocenters. The van der Waals surface area contributed by atoms with Gasteiger partial charge in [-0.15, -0.1) is 11.3 Å². The van der Waals surface area contributed by atoms with Gasteiger partial charge in [-0.05, 0) is 40.4 Å². The van der Waals surface area contributed by atoms with Crippen LogP contribution in [0.15, 0.2) is 15.9 Å². The molecule has 2 atom stereocenters. The van der Waals surface area contributed by atoms with Gasteiger partial charge in [0.25, 0.3) is 0 Å². The second-order valence-electron chi connectivity index (χ2n) is 6.31. The van der Waals surface area contributed by atoms with Crippen LogP contribution in [-0.4, -0.2) is 30.1 Å². The average Bonchev–Trinajstić information content (AvgIpc) is 2.66. The molecule has 0 bridgehead atoms. The van der Waals surface area contributed by atoms with E-state index in [-0.39, 0.29) is 0 Å². The molecule has 4 heteroatoms. The maximum Gasteiger partial charge on any atom is 0.0701 e. The highest BCUT2D eigenvalue weighted by Gasteiger charge is 2.32. The summed E-state index contributed by atoms with van der Waals surface area (Å²) in [4.78, 5) is 4.05. The molecule has 0 saturated carbocycles. The first-order valence-electron chi connectivity index (χ1n) is 6.58. The lowest BCUT2D eigenvalue weighted by molar-refractivity contribution is 0.0886. The normalized spacial score (nSPS) is 26.5. The van der Waals surface area contributed by atoms with Gasteiger partial charge in [-0.2, -0.15) is 0 Å². The molecule has 1 aromatic heterocycles. The molecule has 1 N–H and O–H groups in total. The molecular formula is C14H23BrN2S. The minimum Gasteiger partial charge on any atom is -0.311 e. The van der Waals surface area contributed by atoms with E-state index in [9.17, 15) is 0 Å². The van der Waals surface area contributed by atoms with Crippen molar-refractivity contribution in [3.8, 4) is 0 Å². The molecule has 1 aliphatic rings. The number of hydrogen-bond acceptors (Lipinski definition) is 3. The van der Waals surface area contributed by atoms with Crippen LogP contribution in [-0.2, 0) is 6.54 Å². The Bertz CT molecular complexity index is 397. The van der Waals surface area contributed by atoms with E-state index in [4.69, 9.17) is 0 Å². The smallest absolute Gasteiger partial charge is 0.0701 e. The molecule has 1 aromatic rings. The molecule has 1 saturated heterocycles. The Balaban J connectivity index is 2.02. The summed E-state index contributed by atoms with van der Waals surface area (Å²) in [7, 11) is 0. The third kappa shape index (κ3) is 3.56. The lowest BCUT2D eigenvalue weighted by Crippen LogP contribution is -2.59. The summed E-state index contributed by atoms with van der Waals surface area (Å²) in [6.45, 7) is 12.6. The van der Waals surface area contributed by atoms with E-state index < -0.39 is 0 Å². The minimum absolute atomic E-state index is 0.328. The summed E-state index contributed by atoms with van der Waals surface area (Å²) in [6, 6.07) is 5.57. The second-order valence-corrected chi connectivity index (χ2v) is 8.86. The standard InChI is InChI=1S/C14H23BrN2S/c1-10-7-16-12(14(2,3)4)9-17(10)8-11-5-6-13(15)18-11/h5-6,10,12,16H,7-9H2,1-4H3. The van der Waals surface area contributed by atoms with E-state index in [1.807, 2.05) is 11.3 Å². The van der Waals surface area contributed by atoms with Crippen molar-refractivity contribution in [2.24, 2.45) is 5.41 Å². The minimum atomic E-state index is 0.328. The predicted molar refractivity (Wildman–Crippen MR) is 83.1 cm³/mol. The third-order valence-electron chi connectivity index (χ3n) is 3.73. The Hall–Kier alpha value is 0.1000. The molecule has 0 radical (unpaired) electrons. The Morgan fingerprint density at radius 1 is 1.44 bits per heavy atom. The SMILES string of the molecule is CC1CNC(C(C)(C)C)CN1Cc1ccc(Br)s1. The maximum absolute atomic E-state index is 3.68. The van der Waals surface area contributed by atoms with E-state index in [2.05, 4.69) is 66.0 Å². The van der Waals surface area contributed by atoms with Crippen molar-refractivity contribution in [2.75, 3.05) is 13.1 Å². The first-order chi connectivity index (χ1) is 8.36. The summed E-state index contributed by atoms with van der Waals surface area (Å²) < 4.78 is 1.23. The number of hydrogen-bond donors (Lipinski definition) is 1. The molecule has 2 nitrogen and oxygen atoms in total. The van der Waals surface area contributed by atoms with Gasteiger partial charge in [-0.3, -0.25) is 4.90 Å². The van der Waals surface area contributed by atoms with Crippen LogP contribution < -0.4 is 5.32 Å². The molecule has 102 valence electrons. The maximum atomic E-state index is 3.68. The first-order valence-corrected chi connectivity index (χ1v) is 8.19. The third-order valence-corrected chi connectivity index (χ3v) is 5.34. The molecule has 2 heterocycles. The van der Waals surface area contributed by atoms with Gasteiger partial charge < -0.3 is 5.32 Å². The average molecular weight is 331 g/mol. The fraction of sp³-hybridized carbons (Fsp3) is 0.714. The van der Waals surface area contributed by atoms with Gasteiger partial charge in [-0.25, -0.2) is 0 Å². The number of thiophene rings is 1. The monoisotopic (exact) mass is 330 g/mol. The summed E-state index contributed by atoms with van der Waals surface area (Å²) in [6.07, 6.45) is 0. The van der Waals surface area contributed by atoms with Gasteiger partial charge >= 0.3 is 0 Å². The van der Waals surface area contributed by atoms with Gasteiger partial charge in [-0.1, -0.05) is 20.8 Å². The van der Waals surface area contributed by atoms with Crippen LogP contribution in [0.2, 0.25) is 0 Å². The summed E-state index contributed by atoms with van der Waals surface area (Å²) in [5.74, 6) is 0. The number of piperazine rings is 1. The van der Waals surface area contributed by atoms with Crippen LogP contribution in [0.1, 0.15) is 32.6 Å². The Morgan fingerprint density at radius 2 is 2.17 bits per heavy atom. The first kappa shape index (κ1) is 14.5. The van der Waals surface area contributed by atoms with E-state index in [1.54, 1.807) is 0 Å². The van der Waals surface area contributed by atoms with Gasteiger partial charge in [0.1, 0.15) is 0 Å². The molecule has 18 heavy (non-hydrogen) atoms. The Labute approximate surface area is 123 Å². The predicted octanol–water partition coefficient (Wildman–Crippen LogP) is 3.72. The van der Waals surface area contributed by atoms with Crippen molar-refractivity contribution < 1.29 is 0 Å². The van der Waals surface area contributed by atoms with Crippen molar-refractivity contribution in [1.82, 2.24) is 10.2 Å². The summed E-state index contributed by atoms with van der Waals surface area (Å²) in [5.41, 5.74) is 0.328. The summed E-state index contributed by atoms with van der Waals surface area (Å²) in [5, 5.41) is 3.68. The number of nitrogens with zero attached hydrogens (tertiary/aromatic N) is 1. The van der Waals surface area contributed by atoms with Crippen LogP contribution in [0.4, 0.5) is 0 Å². The zero-order valence-electron chi connectivity index (χ0n) is 11.7. The van der Waals surface area contributed by atoms with E-state index >= 15 is 0 Å². The zero-order chi connectivity index (χ0) is 13.3. The topological polar surface area (TPSA) is 15.3 Å². The van der Waals surface area contributed by atoms with Gasteiger partial charge in [0.2, 0.25) is 0 Å². The largest absolute Gasteiger partial charge is 0.311 e. The summed E-state index contributed by atoms with van der Waals surface area (Å²) >= 11 is 5.39. The van der Waals surface area contributed by atoms with Crippen LogP contribution in [0, 0.1) is 5.41 Å². The highest BCUT2D eigenvalue weighted by molar-refractivity contribution is 9.11. The molecule has 0 aromatic carbocycles. The number of rotatable bonds is 2. The van der Waals surface area contributed by atoms with E-state index in [0.717, 1.165) is 19.6 Å². The van der Waals surface area contributed by atoms with Crippen LogP contribution in [0.3, 0.4) is 0 Å². The fourth-order valence-electron chi connectivity index (χ4n) is 2.36. The van der Waals surface area contributed by atoms with Crippen LogP contribution in [0.5, 0.6) is 0 Å². The van der Waals surface area contributed by atoms with Crippen LogP contribution in [0.25, 0.3) is 0 Å². The van der Waals surface area contributed by atoms with Crippen molar-refractivity contribution >= 4 is 27.3 Å². The zero-order valence-corrected chi connectivity index (χ0v) is 14.1. The Morgan fingerprint density at radius 3 is 2.72 bits per heavy atom. The molecule has 1 aliphatic heterocycles. The molecule has 0 spiro atoms. The molecule has 2 rings (SSSR count). The van der Waals surface area contributed by atoms with Crippen LogP contribution >= 0.6 is 27.3 Å². The van der Waals surface area contributed by atoms with E-state index in [0.29, 0.717) is 17.5 Å².